The van der Waals surface area contributed by atoms with Crippen molar-refractivity contribution < 1.29 is 17.9 Å². The molecule has 3 aromatic rings. The van der Waals surface area contributed by atoms with Crippen molar-refractivity contribution in [2.45, 2.75) is 31.2 Å². The number of carbonyl (C=O) groups excluding carboxylic acids is 1. The van der Waals surface area contributed by atoms with E-state index in [-0.39, 0.29) is 12.5 Å². The first-order valence-electron chi connectivity index (χ1n) is 10.4. The van der Waals surface area contributed by atoms with Gasteiger partial charge in [-0.2, -0.15) is 0 Å². The largest absolute Gasteiger partial charge is 0.492 e. The number of sulfonamides is 1. The Labute approximate surface area is 202 Å². The van der Waals surface area contributed by atoms with E-state index < -0.39 is 10.0 Å². The molecule has 1 heterocycles. The second-order valence-electron chi connectivity index (χ2n) is 7.04. The van der Waals surface area contributed by atoms with Crippen LogP contribution in [0.5, 0.6) is 5.75 Å². The third-order valence-corrected chi connectivity index (χ3v) is 7.74. The van der Waals surface area contributed by atoms with Crippen LogP contribution in [0, 0.1) is 0 Å². The van der Waals surface area contributed by atoms with Crippen molar-refractivity contribution in [3.05, 3.63) is 59.7 Å². The van der Waals surface area contributed by atoms with E-state index in [4.69, 9.17) is 4.74 Å². The van der Waals surface area contributed by atoms with Gasteiger partial charge in [0.05, 0.1) is 25.1 Å². The first kappa shape index (κ1) is 25.0. The second-order valence-corrected chi connectivity index (χ2v) is 11.3. The SMILES string of the molecule is CCCSc1nnc(NC(=O)c2ccc(CN(c3ccccc3OCC)S(C)(=O)=O)cc2)s1. The number of aromatic nitrogens is 2. The topological polar surface area (TPSA) is 101 Å². The number of nitrogens with zero attached hydrogens (tertiary/aromatic N) is 3. The standard InChI is InChI=1S/C22H26N4O4S3/c1-4-14-31-22-25-24-21(32-22)23-20(27)17-12-10-16(11-13-17)15-26(33(3,28)29)18-8-6-7-9-19(18)30-5-2/h6-13H,4-5,14-15H2,1-3H3,(H,23,24,27). The lowest BCUT2D eigenvalue weighted by atomic mass is 10.1. The molecular formula is C22H26N4O4S3. The summed E-state index contributed by atoms with van der Waals surface area (Å²) in [5, 5.41) is 11.3. The van der Waals surface area contributed by atoms with Gasteiger partial charge in [-0.05, 0) is 43.2 Å². The first-order chi connectivity index (χ1) is 15.8. The number of anilines is 2. The fraction of sp³-hybridized carbons (Fsp3) is 0.318. The molecule has 0 atom stereocenters. The van der Waals surface area contributed by atoms with E-state index in [9.17, 15) is 13.2 Å². The Morgan fingerprint density at radius 1 is 1.12 bits per heavy atom. The molecule has 33 heavy (non-hydrogen) atoms. The van der Waals surface area contributed by atoms with Gasteiger partial charge in [-0.1, -0.05) is 54.3 Å². The van der Waals surface area contributed by atoms with Gasteiger partial charge >= 0.3 is 0 Å². The molecule has 1 amide bonds. The van der Waals surface area contributed by atoms with Gasteiger partial charge in [-0.15, -0.1) is 10.2 Å². The van der Waals surface area contributed by atoms with Crippen LogP contribution >= 0.6 is 23.1 Å². The van der Waals surface area contributed by atoms with Crippen molar-refractivity contribution in [3.63, 3.8) is 0 Å². The van der Waals surface area contributed by atoms with E-state index >= 15 is 0 Å². The van der Waals surface area contributed by atoms with Crippen LogP contribution in [0.25, 0.3) is 0 Å². The number of thioether (sulfide) groups is 1. The highest BCUT2D eigenvalue weighted by molar-refractivity contribution is 8.01. The second kappa shape index (κ2) is 11.5. The number of hydrogen-bond acceptors (Lipinski definition) is 8. The summed E-state index contributed by atoms with van der Waals surface area (Å²) < 4.78 is 32.8. The molecule has 1 aromatic heterocycles. The molecule has 0 aliphatic heterocycles. The Morgan fingerprint density at radius 3 is 2.52 bits per heavy atom. The summed E-state index contributed by atoms with van der Waals surface area (Å²) in [6.07, 6.45) is 2.19. The van der Waals surface area contributed by atoms with Crippen molar-refractivity contribution in [1.29, 1.82) is 0 Å². The van der Waals surface area contributed by atoms with E-state index in [2.05, 4.69) is 22.4 Å². The van der Waals surface area contributed by atoms with Crippen molar-refractivity contribution in [1.82, 2.24) is 10.2 Å². The number of para-hydroxylation sites is 2. The van der Waals surface area contributed by atoms with Crippen LogP contribution < -0.4 is 14.4 Å². The van der Waals surface area contributed by atoms with Crippen LogP contribution in [-0.4, -0.2) is 43.1 Å². The third kappa shape index (κ3) is 6.92. The predicted molar refractivity (Wildman–Crippen MR) is 134 cm³/mol. The highest BCUT2D eigenvalue weighted by atomic mass is 32.2. The van der Waals surface area contributed by atoms with Crippen LogP contribution in [-0.2, 0) is 16.6 Å². The minimum absolute atomic E-state index is 0.110. The summed E-state index contributed by atoms with van der Waals surface area (Å²) >= 11 is 2.94. The molecule has 0 fully saturated rings. The monoisotopic (exact) mass is 506 g/mol. The molecule has 0 radical (unpaired) electrons. The quantitative estimate of drug-likeness (QED) is 0.298. The van der Waals surface area contributed by atoms with E-state index in [1.165, 1.54) is 15.6 Å². The Bertz CT molecular complexity index is 1180. The van der Waals surface area contributed by atoms with Crippen molar-refractivity contribution in [2.75, 3.05) is 28.2 Å². The molecular weight excluding hydrogens is 480 g/mol. The van der Waals surface area contributed by atoms with Crippen LogP contribution in [0.1, 0.15) is 36.2 Å². The zero-order chi connectivity index (χ0) is 23.8. The molecule has 0 aliphatic rings. The smallest absolute Gasteiger partial charge is 0.257 e. The molecule has 0 bridgehead atoms. The maximum atomic E-state index is 12.6. The molecule has 11 heteroatoms. The molecule has 0 saturated heterocycles. The minimum Gasteiger partial charge on any atom is -0.492 e. The molecule has 0 spiro atoms. The molecule has 1 N–H and O–H groups in total. The molecule has 0 unspecified atom stereocenters. The first-order valence-corrected chi connectivity index (χ1v) is 14.0. The van der Waals surface area contributed by atoms with Crippen LogP contribution in [0.15, 0.2) is 52.9 Å². The van der Waals surface area contributed by atoms with Crippen molar-refractivity contribution in [3.8, 4) is 5.75 Å². The molecule has 0 aliphatic carbocycles. The highest BCUT2D eigenvalue weighted by Gasteiger charge is 2.21. The van der Waals surface area contributed by atoms with Gasteiger partial charge in [0, 0.05) is 11.3 Å². The van der Waals surface area contributed by atoms with E-state index in [0.29, 0.717) is 28.7 Å². The molecule has 176 valence electrons. The molecule has 3 rings (SSSR count). The summed E-state index contributed by atoms with van der Waals surface area (Å²) in [4.78, 5) is 12.6. The van der Waals surface area contributed by atoms with Crippen molar-refractivity contribution in [2.24, 2.45) is 0 Å². The number of carbonyl (C=O) groups is 1. The third-order valence-electron chi connectivity index (χ3n) is 4.43. The van der Waals surface area contributed by atoms with Gasteiger partial charge in [0.1, 0.15) is 5.75 Å². The lowest BCUT2D eigenvalue weighted by Crippen LogP contribution is -2.29. The summed E-state index contributed by atoms with van der Waals surface area (Å²) in [5.74, 6) is 1.14. The summed E-state index contributed by atoms with van der Waals surface area (Å²) in [7, 11) is -3.57. The average Bonchev–Trinajstić information content (AvgIpc) is 3.23. The van der Waals surface area contributed by atoms with Gasteiger partial charge in [0.15, 0.2) is 4.34 Å². The van der Waals surface area contributed by atoms with E-state index in [1.54, 1.807) is 60.3 Å². The Morgan fingerprint density at radius 2 is 1.85 bits per heavy atom. The zero-order valence-electron chi connectivity index (χ0n) is 18.6. The maximum absolute atomic E-state index is 12.6. The van der Waals surface area contributed by atoms with Gasteiger partial charge in [-0.3, -0.25) is 14.4 Å². The van der Waals surface area contributed by atoms with Gasteiger partial charge in [0.2, 0.25) is 15.2 Å². The normalized spacial score (nSPS) is 11.2. The summed E-state index contributed by atoms with van der Waals surface area (Å²) in [6, 6.07) is 13.8. The predicted octanol–water partition coefficient (Wildman–Crippen LogP) is 4.66. The average molecular weight is 507 g/mol. The van der Waals surface area contributed by atoms with Crippen molar-refractivity contribution >= 4 is 49.8 Å². The van der Waals surface area contributed by atoms with Crippen LogP contribution in [0.3, 0.4) is 0 Å². The number of ether oxygens (including phenoxy) is 1. The number of nitrogens with one attached hydrogen (secondary N) is 1. The zero-order valence-corrected chi connectivity index (χ0v) is 21.1. The lowest BCUT2D eigenvalue weighted by Gasteiger charge is -2.24. The fourth-order valence-corrected chi connectivity index (χ4v) is 5.49. The molecule has 8 nitrogen and oxygen atoms in total. The van der Waals surface area contributed by atoms with Gasteiger partial charge in [-0.25, -0.2) is 8.42 Å². The lowest BCUT2D eigenvalue weighted by molar-refractivity contribution is 0.102. The Hall–Kier alpha value is -2.63. The van der Waals surface area contributed by atoms with E-state index in [0.717, 1.165) is 28.3 Å². The molecule has 2 aromatic carbocycles. The fourth-order valence-electron chi connectivity index (χ4n) is 2.93. The van der Waals surface area contributed by atoms with Crippen LogP contribution in [0.2, 0.25) is 0 Å². The minimum atomic E-state index is -3.57. The number of hydrogen-bond donors (Lipinski definition) is 1. The summed E-state index contributed by atoms with van der Waals surface area (Å²) in [6.45, 7) is 4.47. The maximum Gasteiger partial charge on any atom is 0.257 e. The van der Waals surface area contributed by atoms with Gasteiger partial charge < -0.3 is 4.74 Å². The van der Waals surface area contributed by atoms with Gasteiger partial charge in [0.25, 0.3) is 5.91 Å². The summed E-state index contributed by atoms with van der Waals surface area (Å²) in [5.41, 5.74) is 1.64. The van der Waals surface area contributed by atoms with E-state index in [1.807, 2.05) is 6.92 Å². The van der Waals surface area contributed by atoms with Crippen LogP contribution in [0.4, 0.5) is 10.8 Å². The Balaban J connectivity index is 1.73. The number of benzene rings is 2. The molecule has 0 saturated carbocycles. The Kier molecular flexibility index (Phi) is 8.70. The number of amides is 1. The highest BCUT2D eigenvalue weighted by Crippen LogP contribution is 2.31. The number of rotatable bonds is 11.